The smallest absolute Gasteiger partial charge is 0.307 e. The van der Waals surface area contributed by atoms with Gasteiger partial charge < -0.3 is 9.84 Å². The second-order valence-electron chi connectivity index (χ2n) is 4.23. The van der Waals surface area contributed by atoms with E-state index in [-0.39, 0.29) is 17.5 Å². The molecule has 3 nitrogen and oxygen atoms in total. The highest BCUT2D eigenvalue weighted by Crippen LogP contribution is 2.29. The van der Waals surface area contributed by atoms with Crippen molar-refractivity contribution in [2.45, 2.75) is 6.42 Å². The predicted molar refractivity (Wildman–Crippen MR) is 69.7 cm³/mol. The molecule has 0 radical (unpaired) electrons. The highest BCUT2D eigenvalue weighted by Gasteiger charge is 2.13. The average molecular weight is 278 g/mol. The molecule has 0 heterocycles. The minimum atomic E-state index is -1.03. The van der Waals surface area contributed by atoms with Crippen molar-refractivity contribution in [3.05, 3.63) is 53.6 Å². The number of carboxylic acids is 1. The maximum absolute atomic E-state index is 13.9. The Morgan fingerprint density at radius 2 is 1.85 bits per heavy atom. The molecule has 2 aromatic rings. The van der Waals surface area contributed by atoms with E-state index in [1.54, 1.807) is 0 Å². The molecule has 0 bridgehead atoms. The number of rotatable bonds is 4. The Bertz CT molecular complexity index is 654. The van der Waals surface area contributed by atoms with Crippen LogP contribution in [0.5, 0.6) is 5.75 Å². The van der Waals surface area contributed by atoms with Gasteiger partial charge in [-0.3, -0.25) is 4.79 Å². The van der Waals surface area contributed by atoms with Gasteiger partial charge >= 0.3 is 5.97 Å². The van der Waals surface area contributed by atoms with Crippen LogP contribution in [0.1, 0.15) is 5.56 Å². The Hall–Kier alpha value is -2.43. The van der Waals surface area contributed by atoms with Crippen molar-refractivity contribution in [3.63, 3.8) is 0 Å². The zero-order valence-corrected chi connectivity index (χ0v) is 10.7. The Morgan fingerprint density at radius 1 is 1.10 bits per heavy atom. The molecule has 0 unspecified atom stereocenters. The molecule has 2 rings (SSSR count). The molecule has 5 heteroatoms. The Labute approximate surface area is 114 Å². The van der Waals surface area contributed by atoms with Crippen LogP contribution in [0.25, 0.3) is 11.1 Å². The molecular formula is C15H12F2O3. The highest BCUT2D eigenvalue weighted by atomic mass is 19.1. The summed E-state index contributed by atoms with van der Waals surface area (Å²) in [6, 6.07) is 7.91. The van der Waals surface area contributed by atoms with E-state index in [4.69, 9.17) is 9.84 Å². The maximum atomic E-state index is 13.9. The molecule has 0 saturated carbocycles. The normalized spacial score (nSPS) is 10.3. The van der Waals surface area contributed by atoms with E-state index in [0.29, 0.717) is 11.3 Å². The van der Waals surface area contributed by atoms with Gasteiger partial charge in [0, 0.05) is 17.2 Å². The van der Waals surface area contributed by atoms with Gasteiger partial charge in [0.25, 0.3) is 0 Å². The highest BCUT2D eigenvalue weighted by molar-refractivity contribution is 5.72. The summed E-state index contributed by atoms with van der Waals surface area (Å²) in [5, 5.41) is 8.74. The maximum Gasteiger partial charge on any atom is 0.307 e. The molecular weight excluding hydrogens is 266 g/mol. The quantitative estimate of drug-likeness (QED) is 0.933. The first-order chi connectivity index (χ1) is 9.51. The SMILES string of the molecule is COc1ccc(-c2cc(CC(=O)O)ccc2F)c(F)c1. The topological polar surface area (TPSA) is 46.5 Å². The Balaban J connectivity index is 2.48. The van der Waals surface area contributed by atoms with Gasteiger partial charge in [0.05, 0.1) is 13.5 Å². The van der Waals surface area contributed by atoms with Gasteiger partial charge in [-0.15, -0.1) is 0 Å². The number of carboxylic acid groups (broad SMARTS) is 1. The van der Waals surface area contributed by atoms with Crippen molar-refractivity contribution in [2.24, 2.45) is 0 Å². The van der Waals surface area contributed by atoms with Crippen LogP contribution in [0.2, 0.25) is 0 Å². The number of methoxy groups -OCH3 is 1. The summed E-state index contributed by atoms with van der Waals surface area (Å²) in [6.45, 7) is 0. The third-order valence-electron chi connectivity index (χ3n) is 2.85. The van der Waals surface area contributed by atoms with E-state index in [1.807, 2.05) is 0 Å². The van der Waals surface area contributed by atoms with Gasteiger partial charge in [0.15, 0.2) is 0 Å². The minimum absolute atomic E-state index is 0.0314. The zero-order valence-electron chi connectivity index (χ0n) is 10.7. The van der Waals surface area contributed by atoms with Crippen LogP contribution >= 0.6 is 0 Å². The molecule has 2 aromatic carbocycles. The van der Waals surface area contributed by atoms with Crippen LogP contribution in [0.15, 0.2) is 36.4 Å². The van der Waals surface area contributed by atoms with Crippen molar-refractivity contribution in [1.29, 1.82) is 0 Å². The van der Waals surface area contributed by atoms with Crippen LogP contribution in [-0.2, 0) is 11.2 Å². The van der Waals surface area contributed by atoms with E-state index >= 15 is 0 Å². The summed E-state index contributed by atoms with van der Waals surface area (Å²) in [4.78, 5) is 10.7. The van der Waals surface area contributed by atoms with Crippen molar-refractivity contribution >= 4 is 5.97 Å². The number of halogens is 2. The van der Waals surface area contributed by atoms with Crippen molar-refractivity contribution in [2.75, 3.05) is 7.11 Å². The van der Waals surface area contributed by atoms with Crippen LogP contribution < -0.4 is 4.74 Å². The fraction of sp³-hybridized carbons (Fsp3) is 0.133. The lowest BCUT2D eigenvalue weighted by Gasteiger charge is -2.08. The fourth-order valence-electron chi connectivity index (χ4n) is 1.90. The van der Waals surface area contributed by atoms with Crippen LogP contribution in [-0.4, -0.2) is 18.2 Å². The second kappa shape index (κ2) is 5.69. The molecule has 0 atom stereocenters. The first kappa shape index (κ1) is 14.0. The van der Waals surface area contributed by atoms with Gasteiger partial charge in [0.2, 0.25) is 0 Å². The van der Waals surface area contributed by atoms with Gasteiger partial charge in [0.1, 0.15) is 17.4 Å². The van der Waals surface area contributed by atoms with E-state index in [9.17, 15) is 13.6 Å². The van der Waals surface area contributed by atoms with Crippen molar-refractivity contribution in [3.8, 4) is 16.9 Å². The third kappa shape index (κ3) is 2.93. The molecule has 0 aliphatic heterocycles. The van der Waals surface area contributed by atoms with Gasteiger partial charge in [-0.1, -0.05) is 6.07 Å². The number of benzene rings is 2. The van der Waals surface area contributed by atoms with E-state index in [1.165, 1.54) is 31.4 Å². The lowest BCUT2D eigenvalue weighted by atomic mass is 10.0. The molecule has 0 fully saturated rings. The van der Waals surface area contributed by atoms with Crippen LogP contribution in [0.3, 0.4) is 0 Å². The van der Waals surface area contributed by atoms with Crippen molar-refractivity contribution in [1.82, 2.24) is 0 Å². The number of carbonyl (C=O) groups is 1. The summed E-state index contributed by atoms with van der Waals surface area (Å²) in [5.41, 5.74) is 0.503. The summed E-state index contributed by atoms with van der Waals surface area (Å²) >= 11 is 0. The Kier molecular flexibility index (Phi) is 3.98. The van der Waals surface area contributed by atoms with E-state index in [2.05, 4.69) is 0 Å². The van der Waals surface area contributed by atoms with Gasteiger partial charge in [-0.25, -0.2) is 8.78 Å². The lowest BCUT2D eigenvalue weighted by Crippen LogP contribution is -2.01. The summed E-state index contributed by atoms with van der Waals surface area (Å²) < 4.78 is 32.6. The van der Waals surface area contributed by atoms with Crippen molar-refractivity contribution < 1.29 is 23.4 Å². The van der Waals surface area contributed by atoms with E-state index in [0.717, 1.165) is 12.1 Å². The lowest BCUT2D eigenvalue weighted by molar-refractivity contribution is -0.136. The summed E-state index contributed by atoms with van der Waals surface area (Å²) in [7, 11) is 1.41. The molecule has 1 N–H and O–H groups in total. The van der Waals surface area contributed by atoms with Crippen LogP contribution in [0.4, 0.5) is 8.78 Å². The zero-order chi connectivity index (χ0) is 14.7. The molecule has 0 amide bonds. The molecule has 0 aliphatic rings. The monoisotopic (exact) mass is 278 g/mol. The first-order valence-corrected chi connectivity index (χ1v) is 5.85. The van der Waals surface area contributed by atoms with Gasteiger partial charge in [-0.05, 0) is 29.8 Å². The summed E-state index contributed by atoms with van der Waals surface area (Å²) in [5.74, 6) is -1.94. The van der Waals surface area contributed by atoms with Gasteiger partial charge in [-0.2, -0.15) is 0 Å². The number of aliphatic carboxylic acids is 1. The molecule has 0 saturated heterocycles. The largest absolute Gasteiger partial charge is 0.497 e. The molecule has 20 heavy (non-hydrogen) atoms. The molecule has 0 aliphatic carbocycles. The number of hydrogen-bond donors (Lipinski definition) is 1. The standard InChI is InChI=1S/C15H12F2O3/c1-20-10-3-4-11(14(17)8-10)12-6-9(7-15(18)19)2-5-13(12)16/h2-6,8H,7H2,1H3,(H,18,19). The second-order valence-corrected chi connectivity index (χ2v) is 4.23. The molecule has 0 spiro atoms. The average Bonchev–Trinajstić information content (AvgIpc) is 2.40. The fourth-order valence-corrected chi connectivity index (χ4v) is 1.90. The third-order valence-corrected chi connectivity index (χ3v) is 2.85. The van der Waals surface area contributed by atoms with E-state index < -0.39 is 17.6 Å². The first-order valence-electron chi connectivity index (χ1n) is 5.85. The molecule has 0 aromatic heterocycles. The number of ether oxygens (including phenoxy) is 1. The summed E-state index contributed by atoms with van der Waals surface area (Å²) in [6.07, 6.45) is -0.245. The molecule has 104 valence electrons. The van der Waals surface area contributed by atoms with Crippen LogP contribution in [0, 0.1) is 11.6 Å². The number of hydrogen-bond acceptors (Lipinski definition) is 2. The predicted octanol–water partition coefficient (Wildman–Crippen LogP) is 3.27. The minimum Gasteiger partial charge on any atom is -0.497 e. The Morgan fingerprint density at radius 3 is 2.45 bits per heavy atom.